The Balaban J connectivity index is 2.19. The van der Waals surface area contributed by atoms with Gasteiger partial charge in [-0.05, 0) is 12.3 Å². The Morgan fingerprint density at radius 3 is 2.71 bits per heavy atom. The zero-order valence-corrected chi connectivity index (χ0v) is 8.91. The zero-order valence-electron chi connectivity index (χ0n) is 8.91. The van der Waals surface area contributed by atoms with Crippen LogP contribution in [0.4, 0.5) is 0 Å². The predicted octanol–water partition coefficient (Wildman–Crippen LogP) is 2.29. The first-order valence-corrected chi connectivity index (χ1v) is 5.38. The van der Waals surface area contributed by atoms with E-state index < -0.39 is 0 Å². The lowest BCUT2D eigenvalue weighted by Gasteiger charge is -2.08. The highest BCUT2D eigenvalue weighted by Crippen LogP contribution is 2.23. The van der Waals surface area contributed by atoms with Gasteiger partial charge in [0.1, 0.15) is 0 Å². The fourth-order valence-corrected chi connectivity index (χ4v) is 1.66. The molecule has 3 nitrogen and oxygen atoms in total. The Morgan fingerprint density at radius 2 is 2.21 bits per heavy atom. The van der Waals surface area contributed by atoms with E-state index in [0.29, 0.717) is 12.3 Å². The molecule has 1 saturated heterocycles. The Bertz CT molecular complexity index is 223. The van der Waals surface area contributed by atoms with Gasteiger partial charge < -0.3 is 4.74 Å². The van der Waals surface area contributed by atoms with E-state index in [1.165, 1.54) is 6.42 Å². The topological polar surface area (TPSA) is 43.4 Å². The van der Waals surface area contributed by atoms with Gasteiger partial charge in [-0.15, -0.1) is 0 Å². The maximum Gasteiger partial charge on any atom is 0.317 e. The van der Waals surface area contributed by atoms with Crippen LogP contribution in [0, 0.1) is 11.8 Å². The van der Waals surface area contributed by atoms with E-state index in [9.17, 15) is 9.59 Å². The maximum absolute atomic E-state index is 11.1. The minimum atomic E-state index is -0.358. The van der Waals surface area contributed by atoms with Gasteiger partial charge in [-0.2, -0.15) is 0 Å². The second-order valence-corrected chi connectivity index (χ2v) is 4.14. The van der Waals surface area contributed by atoms with E-state index in [2.05, 4.69) is 18.6 Å². The largest absolute Gasteiger partial charge is 0.393 e. The van der Waals surface area contributed by atoms with Gasteiger partial charge in [0.25, 0.3) is 0 Å². The molecule has 1 rings (SSSR count). The summed E-state index contributed by atoms with van der Waals surface area (Å²) in [5.74, 6) is -0.127. The van der Waals surface area contributed by atoms with Crippen molar-refractivity contribution in [3.63, 3.8) is 0 Å². The minimum absolute atomic E-state index is 0.161. The number of cyclic esters (lactones) is 2. The number of rotatable bonds is 5. The van der Waals surface area contributed by atoms with Crippen LogP contribution in [0.3, 0.4) is 0 Å². The molecule has 0 radical (unpaired) electrons. The highest BCUT2D eigenvalue weighted by molar-refractivity contribution is 5.94. The first-order valence-electron chi connectivity index (χ1n) is 5.38. The first-order chi connectivity index (χ1) is 6.63. The molecule has 0 N–H and O–H groups in total. The minimum Gasteiger partial charge on any atom is -0.393 e. The smallest absolute Gasteiger partial charge is 0.317 e. The van der Waals surface area contributed by atoms with Crippen LogP contribution in [0.15, 0.2) is 0 Å². The average Bonchev–Trinajstić information content (AvgIpc) is 2.45. The number of ether oxygens (including phenoxy) is 1. The summed E-state index contributed by atoms with van der Waals surface area (Å²) < 4.78 is 4.48. The third-order valence-corrected chi connectivity index (χ3v) is 2.91. The molecule has 0 aromatic carbocycles. The van der Waals surface area contributed by atoms with Gasteiger partial charge in [0.05, 0.1) is 12.3 Å². The molecule has 0 bridgehead atoms. The van der Waals surface area contributed by atoms with Crippen molar-refractivity contribution in [2.75, 3.05) is 0 Å². The Morgan fingerprint density at radius 1 is 1.50 bits per heavy atom. The Kier molecular flexibility index (Phi) is 4.11. The third kappa shape index (κ3) is 3.13. The van der Waals surface area contributed by atoms with E-state index in [-0.39, 0.29) is 17.9 Å². The van der Waals surface area contributed by atoms with Crippen LogP contribution in [0.5, 0.6) is 0 Å². The van der Waals surface area contributed by atoms with Crippen molar-refractivity contribution in [2.24, 2.45) is 11.8 Å². The highest BCUT2D eigenvalue weighted by atomic mass is 16.6. The molecule has 0 aliphatic carbocycles. The molecule has 0 amide bonds. The molecule has 80 valence electrons. The molecule has 0 saturated carbocycles. The van der Waals surface area contributed by atoms with E-state index in [0.717, 1.165) is 19.3 Å². The molecule has 2 atom stereocenters. The predicted molar refractivity (Wildman–Crippen MR) is 52.5 cm³/mol. The lowest BCUT2D eigenvalue weighted by Crippen LogP contribution is -2.07. The summed E-state index contributed by atoms with van der Waals surface area (Å²) in [4.78, 5) is 21.9. The molecule has 0 spiro atoms. The third-order valence-electron chi connectivity index (χ3n) is 2.91. The zero-order chi connectivity index (χ0) is 10.6. The second-order valence-electron chi connectivity index (χ2n) is 4.14. The van der Waals surface area contributed by atoms with Gasteiger partial charge in [-0.1, -0.05) is 33.1 Å². The SMILES string of the molecule is CCC(C)CCCC1CC(=O)OC1=O. The molecule has 0 aromatic rings. The van der Waals surface area contributed by atoms with Crippen LogP contribution in [-0.2, 0) is 14.3 Å². The molecule has 1 aliphatic heterocycles. The summed E-state index contributed by atoms with van der Waals surface area (Å²) in [6, 6.07) is 0. The monoisotopic (exact) mass is 198 g/mol. The fraction of sp³-hybridized carbons (Fsp3) is 0.818. The normalized spacial score (nSPS) is 23.7. The summed E-state index contributed by atoms with van der Waals surface area (Å²) in [6.07, 6.45) is 4.42. The number of carbonyl (C=O) groups excluding carboxylic acids is 2. The van der Waals surface area contributed by atoms with Crippen molar-refractivity contribution < 1.29 is 14.3 Å². The highest BCUT2D eigenvalue weighted by Gasteiger charge is 2.32. The Hall–Kier alpha value is -0.860. The van der Waals surface area contributed by atoms with Crippen molar-refractivity contribution in [1.82, 2.24) is 0 Å². The number of esters is 2. The van der Waals surface area contributed by atoms with Gasteiger partial charge in [0.2, 0.25) is 0 Å². The van der Waals surface area contributed by atoms with E-state index in [1.807, 2.05) is 0 Å². The molecule has 2 unspecified atom stereocenters. The van der Waals surface area contributed by atoms with Crippen molar-refractivity contribution in [2.45, 2.75) is 46.0 Å². The van der Waals surface area contributed by atoms with E-state index in [1.54, 1.807) is 0 Å². The van der Waals surface area contributed by atoms with Gasteiger partial charge in [0, 0.05) is 0 Å². The van der Waals surface area contributed by atoms with Crippen molar-refractivity contribution in [3.8, 4) is 0 Å². The molecule has 3 heteroatoms. The molecule has 1 heterocycles. The van der Waals surface area contributed by atoms with E-state index >= 15 is 0 Å². The lowest BCUT2D eigenvalue weighted by atomic mass is 9.95. The summed E-state index contributed by atoms with van der Waals surface area (Å²) in [6.45, 7) is 4.37. The summed E-state index contributed by atoms with van der Waals surface area (Å²) in [5, 5.41) is 0. The molecule has 1 aliphatic rings. The lowest BCUT2D eigenvalue weighted by molar-refractivity contribution is -0.153. The van der Waals surface area contributed by atoms with Crippen LogP contribution in [0.1, 0.15) is 46.0 Å². The van der Waals surface area contributed by atoms with Gasteiger partial charge in [-0.25, -0.2) is 0 Å². The van der Waals surface area contributed by atoms with Crippen molar-refractivity contribution in [1.29, 1.82) is 0 Å². The van der Waals surface area contributed by atoms with Crippen molar-refractivity contribution >= 4 is 11.9 Å². The molecular weight excluding hydrogens is 180 g/mol. The summed E-state index contributed by atoms with van der Waals surface area (Å²) in [7, 11) is 0. The Labute approximate surface area is 84.8 Å². The van der Waals surface area contributed by atoms with Gasteiger partial charge >= 0.3 is 11.9 Å². The number of carbonyl (C=O) groups is 2. The van der Waals surface area contributed by atoms with Crippen LogP contribution in [-0.4, -0.2) is 11.9 Å². The maximum atomic E-state index is 11.1. The summed E-state index contributed by atoms with van der Waals surface area (Å²) in [5.41, 5.74) is 0. The molecule has 0 aromatic heterocycles. The van der Waals surface area contributed by atoms with Crippen LogP contribution >= 0.6 is 0 Å². The van der Waals surface area contributed by atoms with Gasteiger partial charge in [0.15, 0.2) is 0 Å². The standard InChI is InChI=1S/C11H18O3/c1-3-8(2)5-4-6-9-7-10(12)14-11(9)13/h8-9H,3-7H2,1-2H3. The van der Waals surface area contributed by atoms with Crippen LogP contribution < -0.4 is 0 Å². The molecule has 1 fully saturated rings. The average molecular weight is 198 g/mol. The molecular formula is C11H18O3. The number of hydrogen-bond donors (Lipinski definition) is 0. The first kappa shape index (κ1) is 11.2. The van der Waals surface area contributed by atoms with Gasteiger partial charge in [-0.3, -0.25) is 9.59 Å². The van der Waals surface area contributed by atoms with Crippen LogP contribution in [0.2, 0.25) is 0 Å². The number of hydrogen-bond acceptors (Lipinski definition) is 3. The quantitative estimate of drug-likeness (QED) is 0.503. The van der Waals surface area contributed by atoms with Crippen molar-refractivity contribution in [3.05, 3.63) is 0 Å². The fourth-order valence-electron chi connectivity index (χ4n) is 1.66. The van der Waals surface area contributed by atoms with E-state index in [4.69, 9.17) is 0 Å². The van der Waals surface area contributed by atoms with Crippen LogP contribution in [0.25, 0.3) is 0 Å². The summed E-state index contributed by atoms with van der Waals surface area (Å²) >= 11 is 0. The second kappa shape index (κ2) is 5.13. The molecule has 14 heavy (non-hydrogen) atoms.